The highest BCUT2D eigenvalue weighted by Crippen LogP contribution is 2.36. The number of alkyl halides is 3. The van der Waals surface area contributed by atoms with Crippen LogP contribution in [-0.2, 0) is 6.18 Å². The summed E-state index contributed by atoms with van der Waals surface area (Å²) >= 11 is 0. The van der Waals surface area contributed by atoms with Crippen molar-refractivity contribution in [3.05, 3.63) is 38.9 Å². The molecule has 94 valence electrons. The van der Waals surface area contributed by atoms with Crippen molar-refractivity contribution < 1.29 is 22.9 Å². The molecular weight excluding hydrogens is 253 g/mol. The maximum absolute atomic E-state index is 12.6. The van der Waals surface area contributed by atoms with Crippen LogP contribution in [0.3, 0.4) is 0 Å². The normalized spacial score (nSPS) is 10.8. The predicted molar refractivity (Wildman–Crippen MR) is 52.8 cm³/mol. The molecule has 0 fully saturated rings. The number of Topliss-reactive ketones (excluding diaryl/α,β-unsaturated/α-hetero) is 1. The maximum Gasteiger partial charge on any atom is 0.417 e. The number of nitrogens with zero attached hydrogens (tertiary/aromatic N) is 2. The molecule has 0 saturated heterocycles. The Morgan fingerprint density at radius 3 is 2.33 bits per heavy atom. The number of carbonyl (C=O) groups excluding carboxylic acids is 1. The van der Waals surface area contributed by atoms with E-state index in [2.05, 4.69) is 0 Å². The largest absolute Gasteiger partial charge is 0.417 e. The minimum atomic E-state index is -4.86. The number of rotatable bonds is 2. The Labute approximate surface area is 98.6 Å². The third kappa shape index (κ3) is 2.29. The third-order valence-electron chi connectivity index (χ3n) is 2.15. The molecule has 0 aromatic heterocycles. The van der Waals surface area contributed by atoms with Crippen LogP contribution >= 0.6 is 0 Å². The van der Waals surface area contributed by atoms with Crippen LogP contribution in [0.5, 0.6) is 0 Å². The van der Waals surface area contributed by atoms with Gasteiger partial charge in [0.15, 0.2) is 5.78 Å². The molecule has 0 amide bonds. The SMILES string of the molecule is CC(=O)c1c([N+](=O)[O-])ccc(C(F)(F)F)c1C#N. The number of nitro benzene ring substituents is 1. The highest BCUT2D eigenvalue weighted by Gasteiger charge is 2.37. The van der Waals surface area contributed by atoms with Gasteiger partial charge in [-0.05, 0) is 13.0 Å². The zero-order chi connectivity index (χ0) is 14.1. The topological polar surface area (TPSA) is 84.0 Å². The molecule has 0 spiro atoms. The predicted octanol–water partition coefficient (Wildman–Crippen LogP) is 2.69. The molecule has 0 saturated carbocycles. The van der Waals surface area contributed by atoms with E-state index in [1.165, 1.54) is 6.07 Å². The van der Waals surface area contributed by atoms with Gasteiger partial charge in [-0.3, -0.25) is 14.9 Å². The van der Waals surface area contributed by atoms with Crippen molar-refractivity contribution in [2.75, 3.05) is 0 Å². The molecule has 1 aromatic carbocycles. The van der Waals surface area contributed by atoms with Gasteiger partial charge in [0.05, 0.1) is 16.1 Å². The van der Waals surface area contributed by atoms with Gasteiger partial charge in [-0.25, -0.2) is 0 Å². The van der Waals surface area contributed by atoms with Gasteiger partial charge in [0.2, 0.25) is 0 Å². The number of nitro groups is 1. The summed E-state index contributed by atoms with van der Waals surface area (Å²) in [5.74, 6) is -0.968. The van der Waals surface area contributed by atoms with Gasteiger partial charge in [-0.2, -0.15) is 18.4 Å². The van der Waals surface area contributed by atoms with Crippen molar-refractivity contribution in [3.63, 3.8) is 0 Å². The fraction of sp³-hybridized carbons (Fsp3) is 0.200. The summed E-state index contributed by atoms with van der Waals surface area (Å²) in [6.07, 6.45) is -4.86. The lowest BCUT2D eigenvalue weighted by Crippen LogP contribution is -2.13. The zero-order valence-electron chi connectivity index (χ0n) is 8.91. The van der Waals surface area contributed by atoms with Crippen molar-refractivity contribution in [1.29, 1.82) is 5.26 Å². The van der Waals surface area contributed by atoms with Crippen LogP contribution in [0.15, 0.2) is 12.1 Å². The Balaban J connectivity index is 3.77. The van der Waals surface area contributed by atoms with Crippen molar-refractivity contribution in [3.8, 4) is 6.07 Å². The molecule has 1 aromatic rings. The summed E-state index contributed by atoms with van der Waals surface area (Å²) in [5, 5.41) is 19.3. The number of hydrogen-bond acceptors (Lipinski definition) is 4. The standard InChI is InChI=1S/C10H5F3N2O3/c1-5(16)9-6(4-14)7(10(11,12)13)2-3-8(9)15(17)18/h2-3H,1H3. The number of hydrogen-bond donors (Lipinski definition) is 0. The Hall–Kier alpha value is -2.43. The van der Waals surface area contributed by atoms with Crippen molar-refractivity contribution in [1.82, 2.24) is 0 Å². The molecule has 0 radical (unpaired) electrons. The first-order valence-electron chi connectivity index (χ1n) is 4.49. The number of benzene rings is 1. The summed E-state index contributed by atoms with van der Waals surface area (Å²) in [4.78, 5) is 20.8. The fourth-order valence-electron chi connectivity index (χ4n) is 1.45. The molecule has 1 rings (SSSR count). The van der Waals surface area contributed by atoms with Gasteiger partial charge in [-0.15, -0.1) is 0 Å². The summed E-state index contributed by atoms with van der Waals surface area (Å²) in [6.45, 7) is 0.864. The monoisotopic (exact) mass is 258 g/mol. The van der Waals surface area contributed by atoms with Crippen LogP contribution in [0.1, 0.15) is 28.4 Å². The Morgan fingerprint density at radius 2 is 2.00 bits per heavy atom. The summed E-state index contributed by atoms with van der Waals surface area (Å²) in [5.41, 5.74) is -4.02. The van der Waals surface area contributed by atoms with E-state index in [0.717, 1.165) is 6.92 Å². The number of halogens is 3. The maximum atomic E-state index is 12.6. The second kappa shape index (κ2) is 4.44. The van der Waals surface area contributed by atoms with Gasteiger partial charge in [0, 0.05) is 6.07 Å². The van der Waals surface area contributed by atoms with E-state index in [1.54, 1.807) is 0 Å². The second-order valence-corrected chi connectivity index (χ2v) is 3.31. The minimum absolute atomic E-state index is 0.420. The van der Waals surface area contributed by atoms with Crippen molar-refractivity contribution in [2.45, 2.75) is 13.1 Å². The van der Waals surface area contributed by atoms with E-state index in [9.17, 15) is 28.1 Å². The Morgan fingerprint density at radius 1 is 1.44 bits per heavy atom. The van der Waals surface area contributed by atoms with Crippen molar-refractivity contribution >= 4 is 11.5 Å². The van der Waals surface area contributed by atoms with E-state index in [0.29, 0.717) is 12.1 Å². The number of nitriles is 1. The van der Waals surface area contributed by atoms with Crippen LogP contribution < -0.4 is 0 Å². The Bertz CT molecular complexity index is 573. The smallest absolute Gasteiger partial charge is 0.294 e. The second-order valence-electron chi connectivity index (χ2n) is 3.31. The first kappa shape index (κ1) is 13.6. The van der Waals surface area contributed by atoms with E-state index in [4.69, 9.17) is 5.26 Å². The lowest BCUT2D eigenvalue weighted by molar-refractivity contribution is -0.385. The average Bonchev–Trinajstić information content (AvgIpc) is 2.25. The Kier molecular flexibility index (Phi) is 3.37. The summed E-state index contributed by atoms with van der Waals surface area (Å²) < 4.78 is 37.7. The van der Waals surface area contributed by atoms with Crippen LogP contribution in [0.2, 0.25) is 0 Å². The molecule has 0 bridgehead atoms. The van der Waals surface area contributed by atoms with E-state index in [1.807, 2.05) is 0 Å². The third-order valence-corrected chi connectivity index (χ3v) is 2.15. The summed E-state index contributed by atoms with van der Waals surface area (Å²) in [7, 11) is 0. The summed E-state index contributed by atoms with van der Waals surface area (Å²) in [6, 6.07) is 2.19. The van der Waals surface area contributed by atoms with E-state index < -0.39 is 39.3 Å². The molecule has 8 heteroatoms. The van der Waals surface area contributed by atoms with Crippen LogP contribution in [0, 0.1) is 21.4 Å². The number of ketones is 1. The first-order chi connectivity index (χ1) is 8.20. The molecule has 0 aliphatic carbocycles. The molecule has 0 N–H and O–H groups in total. The van der Waals surface area contributed by atoms with Crippen LogP contribution in [0.25, 0.3) is 0 Å². The minimum Gasteiger partial charge on any atom is -0.294 e. The molecule has 18 heavy (non-hydrogen) atoms. The molecule has 0 aliphatic rings. The van der Waals surface area contributed by atoms with Gasteiger partial charge < -0.3 is 0 Å². The fourth-order valence-corrected chi connectivity index (χ4v) is 1.45. The van der Waals surface area contributed by atoms with Crippen LogP contribution in [0.4, 0.5) is 18.9 Å². The number of carbonyl (C=O) groups is 1. The molecular formula is C10H5F3N2O3. The van der Waals surface area contributed by atoms with Crippen molar-refractivity contribution in [2.24, 2.45) is 0 Å². The lowest BCUT2D eigenvalue weighted by atomic mass is 9.97. The van der Waals surface area contributed by atoms with E-state index in [-0.39, 0.29) is 0 Å². The van der Waals surface area contributed by atoms with Gasteiger partial charge in [-0.1, -0.05) is 0 Å². The molecule has 0 heterocycles. The van der Waals surface area contributed by atoms with Crippen LogP contribution in [-0.4, -0.2) is 10.7 Å². The van der Waals surface area contributed by atoms with Gasteiger partial charge in [0.1, 0.15) is 11.6 Å². The highest BCUT2D eigenvalue weighted by atomic mass is 19.4. The lowest BCUT2D eigenvalue weighted by Gasteiger charge is -2.10. The van der Waals surface area contributed by atoms with Gasteiger partial charge >= 0.3 is 6.18 Å². The average molecular weight is 258 g/mol. The molecule has 5 nitrogen and oxygen atoms in total. The molecule has 0 unspecified atom stereocenters. The van der Waals surface area contributed by atoms with E-state index >= 15 is 0 Å². The van der Waals surface area contributed by atoms with Gasteiger partial charge in [0.25, 0.3) is 5.69 Å². The zero-order valence-corrected chi connectivity index (χ0v) is 8.91. The first-order valence-corrected chi connectivity index (χ1v) is 4.49. The molecule has 0 aliphatic heterocycles. The molecule has 0 atom stereocenters. The highest BCUT2D eigenvalue weighted by molar-refractivity contribution is 6.01. The quantitative estimate of drug-likeness (QED) is 0.463.